The first-order valence-electron chi connectivity index (χ1n) is 5.43. The molecule has 0 aliphatic carbocycles. The van der Waals surface area contributed by atoms with Crippen molar-refractivity contribution in [3.8, 4) is 0 Å². The first-order valence-corrected chi connectivity index (χ1v) is 5.43. The van der Waals surface area contributed by atoms with Crippen molar-refractivity contribution in [2.24, 2.45) is 0 Å². The number of carbonyl (C=O) groups excluding carboxylic acids is 2. The highest BCUT2D eigenvalue weighted by Crippen LogP contribution is 2.05. The lowest BCUT2D eigenvalue weighted by Crippen LogP contribution is -2.35. The Bertz CT molecular complexity index is 266. The van der Waals surface area contributed by atoms with Crippen LogP contribution in [0.1, 0.15) is 20.8 Å². The summed E-state index contributed by atoms with van der Waals surface area (Å²) in [6.45, 7) is 4.59. The Kier molecular flexibility index (Phi) is 11.0. The minimum Gasteiger partial charge on any atom is -0.468 e. The van der Waals surface area contributed by atoms with E-state index in [1.54, 1.807) is 20.8 Å². The molecule has 19 heavy (non-hydrogen) atoms. The first-order chi connectivity index (χ1) is 8.62. The third-order valence-corrected chi connectivity index (χ3v) is 1.30. The van der Waals surface area contributed by atoms with E-state index in [4.69, 9.17) is 4.74 Å². The van der Waals surface area contributed by atoms with Crippen molar-refractivity contribution >= 4 is 12.1 Å². The lowest BCUT2D eigenvalue weighted by Gasteiger charge is -2.19. The molecule has 6 nitrogen and oxygen atoms in total. The number of carbonyl (C=O) groups is 2. The number of esters is 1. The normalized spacial score (nSPS) is 10.3. The first kappa shape index (κ1) is 19.9. The molecule has 0 aliphatic heterocycles. The molecule has 0 aliphatic rings. The molecule has 8 heteroatoms. The summed E-state index contributed by atoms with van der Waals surface area (Å²) >= 11 is 0. The summed E-state index contributed by atoms with van der Waals surface area (Å²) < 4.78 is 35.1. The maximum absolute atomic E-state index is 10.9. The van der Waals surface area contributed by atoms with Crippen molar-refractivity contribution in [3.05, 3.63) is 0 Å². The minimum atomic E-state index is -2.32. The van der Waals surface area contributed by atoms with Crippen LogP contribution in [0, 0.1) is 0 Å². The zero-order valence-electron chi connectivity index (χ0n) is 11.8. The van der Waals surface area contributed by atoms with Crippen LogP contribution in [0.2, 0.25) is 0 Å². The van der Waals surface area contributed by atoms with Crippen LogP contribution in [-0.4, -0.2) is 51.5 Å². The van der Waals surface area contributed by atoms with Gasteiger partial charge in [0.25, 0.3) is 6.43 Å². The van der Waals surface area contributed by atoms with E-state index in [0.717, 1.165) is 0 Å². The number of halogens is 2. The summed E-state index contributed by atoms with van der Waals surface area (Å²) in [6, 6.07) is 0. The third kappa shape index (κ3) is 19.1. The SMILES string of the molecule is COC(=O)CNC(=O)OC(C)(C)C.COCC(F)F. The Hall–Kier alpha value is -1.44. The van der Waals surface area contributed by atoms with Gasteiger partial charge in [0.05, 0.1) is 7.11 Å². The number of rotatable bonds is 4. The molecule has 114 valence electrons. The van der Waals surface area contributed by atoms with Gasteiger partial charge in [-0.3, -0.25) is 4.79 Å². The summed E-state index contributed by atoms with van der Waals surface area (Å²) in [5, 5.41) is 2.25. The molecule has 0 aromatic heterocycles. The minimum absolute atomic E-state index is 0.175. The molecule has 0 saturated heterocycles. The van der Waals surface area contributed by atoms with Crippen LogP contribution < -0.4 is 5.32 Å². The number of methoxy groups -OCH3 is 2. The second-order valence-electron chi connectivity index (χ2n) is 4.28. The van der Waals surface area contributed by atoms with Gasteiger partial charge >= 0.3 is 12.1 Å². The molecule has 0 saturated carbocycles. The monoisotopic (exact) mass is 285 g/mol. The Morgan fingerprint density at radius 2 is 1.74 bits per heavy atom. The maximum Gasteiger partial charge on any atom is 0.408 e. The van der Waals surface area contributed by atoms with E-state index in [-0.39, 0.29) is 6.54 Å². The zero-order valence-corrected chi connectivity index (χ0v) is 11.8. The highest BCUT2D eigenvalue weighted by atomic mass is 19.3. The van der Waals surface area contributed by atoms with Gasteiger partial charge in [-0.05, 0) is 20.8 Å². The number of nitrogens with one attached hydrogen (secondary N) is 1. The van der Waals surface area contributed by atoms with Crippen LogP contribution in [0.3, 0.4) is 0 Å². The molecular formula is C11H21F2NO5. The van der Waals surface area contributed by atoms with Gasteiger partial charge in [0.1, 0.15) is 18.8 Å². The van der Waals surface area contributed by atoms with Crippen molar-refractivity contribution in [1.29, 1.82) is 0 Å². The molecule has 0 bridgehead atoms. The van der Waals surface area contributed by atoms with Crippen LogP contribution in [0.5, 0.6) is 0 Å². The molecule has 1 N–H and O–H groups in total. The average molecular weight is 285 g/mol. The van der Waals surface area contributed by atoms with Gasteiger partial charge in [0, 0.05) is 7.11 Å². The summed E-state index contributed by atoms with van der Waals surface area (Å²) in [6.07, 6.45) is -2.95. The van der Waals surface area contributed by atoms with Gasteiger partial charge in [0.2, 0.25) is 0 Å². The smallest absolute Gasteiger partial charge is 0.408 e. The van der Waals surface area contributed by atoms with Crippen molar-refractivity contribution in [2.75, 3.05) is 27.4 Å². The fourth-order valence-corrected chi connectivity index (χ4v) is 0.657. The van der Waals surface area contributed by atoms with Gasteiger partial charge < -0.3 is 19.5 Å². The number of ether oxygens (including phenoxy) is 3. The van der Waals surface area contributed by atoms with E-state index < -0.39 is 30.7 Å². The average Bonchev–Trinajstić information content (AvgIpc) is 2.24. The predicted octanol–water partition coefficient (Wildman–Crippen LogP) is 1.58. The van der Waals surface area contributed by atoms with Crippen molar-refractivity contribution in [2.45, 2.75) is 32.8 Å². The van der Waals surface area contributed by atoms with E-state index in [0.29, 0.717) is 0 Å². The quantitative estimate of drug-likeness (QED) is 0.794. The van der Waals surface area contributed by atoms with Crippen LogP contribution in [0.25, 0.3) is 0 Å². The van der Waals surface area contributed by atoms with E-state index in [1.165, 1.54) is 14.2 Å². The second-order valence-corrected chi connectivity index (χ2v) is 4.28. The highest BCUT2D eigenvalue weighted by molar-refractivity contribution is 5.77. The molecule has 0 spiro atoms. The Morgan fingerprint density at radius 1 is 1.21 bits per heavy atom. The standard InChI is InChI=1S/C8H15NO4.C3H6F2O/c1-8(2,3)13-7(11)9-5-6(10)12-4;1-6-2-3(4)5/h5H2,1-4H3,(H,9,11);3H,2H2,1H3. The largest absolute Gasteiger partial charge is 0.468 e. The molecule has 0 heterocycles. The summed E-state index contributed by atoms with van der Waals surface area (Å²) in [5.74, 6) is -0.508. The van der Waals surface area contributed by atoms with E-state index >= 15 is 0 Å². The zero-order chi connectivity index (χ0) is 15.5. The van der Waals surface area contributed by atoms with Crippen LogP contribution in [-0.2, 0) is 19.0 Å². The fraction of sp³-hybridized carbons (Fsp3) is 0.818. The van der Waals surface area contributed by atoms with Gasteiger partial charge in [0.15, 0.2) is 0 Å². The third-order valence-electron chi connectivity index (χ3n) is 1.30. The number of hydrogen-bond acceptors (Lipinski definition) is 5. The number of alkyl halides is 2. The molecule has 0 fully saturated rings. The number of amides is 1. The molecule has 0 atom stereocenters. The lowest BCUT2D eigenvalue weighted by atomic mass is 10.2. The van der Waals surface area contributed by atoms with Gasteiger partial charge in [-0.25, -0.2) is 13.6 Å². The fourth-order valence-electron chi connectivity index (χ4n) is 0.657. The molecule has 0 aromatic rings. The van der Waals surface area contributed by atoms with Crippen molar-refractivity contribution < 1.29 is 32.6 Å². The molecule has 0 unspecified atom stereocenters. The number of hydrogen-bond donors (Lipinski definition) is 1. The van der Waals surface area contributed by atoms with E-state index in [1.807, 2.05) is 0 Å². The Labute approximate surface area is 111 Å². The maximum atomic E-state index is 10.9. The summed E-state index contributed by atoms with van der Waals surface area (Å²) in [5.41, 5.74) is -0.555. The summed E-state index contributed by atoms with van der Waals surface area (Å²) in [7, 11) is 2.49. The van der Waals surface area contributed by atoms with Gasteiger partial charge in [-0.15, -0.1) is 0 Å². The molecule has 1 amide bonds. The molecule has 0 radical (unpaired) electrons. The Morgan fingerprint density at radius 3 is 2.00 bits per heavy atom. The van der Waals surface area contributed by atoms with Crippen LogP contribution in [0.4, 0.5) is 13.6 Å². The number of alkyl carbamates (subject to hydrolysis) is 1. The highest BCUT2D eigenvalue weighted by Gasteiger charge is 2.16. The topological polar surface area (TPSA) is 73.9 Å². The molecule has 0 rings (SSSR count). The second kappa shape index (κ2) is 10.5. The predicted molar refractivity (Wildman–Crippen MR) is 64.1 cm³/mol. The van der Waals surface area contributed by atoms with Crippen LogP contribution >= 0.6 is 0 Å². The van der Waals surface area contributed by atoms with E-state index in [2.05, 4.69) is 14.8 Å². The Balaban J connectivity index is 0. The molecular weight excluding hydrogens is 264 g/mol. The van der Waals surface area contributed by atoms with Crippen molar-refractivity contribution in [1.82, 2.24) is 5.32 Å². The van der Waals surface area contributed by atoms with Gasteiger partial charge in [-0.2, -0.15) is 0 Å². The van der Waals surface area contributed by atoms with Crippen molar-refractivity contribution in [3.63, 3.8) is 0 Å². The molecule has 0 aromatic carbocycles. The van der Waals surface area contributed by atoms with Gasteiger partial charge in [-0.1, -0.05) is 0 Å². The lowest BCUT2D eigenvalue weighted by molar-refractivity contribution is -0.139. The van der Waals surface area contributed by atoms with E-state index in [9.17, 15) is 18.4 Å². The summed E-state index contributed by atoms with van der Waals surface area (Å²) in [4.78, 5) is 21.5. The van der Waals surface area contributed by atoms with Crippen LogP contribution in [0.15, 0.2) is 0 Å².